The monoisotopic (exact) mass is 274 g/mol. The van der Waals surface area contributed by atoms with Gasteiger partial charge in [0, 0.05) is 5.69 Å². The minimum absolute atomic E-state index is 0.0920. The van der Waals surface area contributed by atoms with Gasteiger partial charge in [0.2, 0.25) is 10.0 Å². The molecular weight excluding hydrogens is 256 g/mol. The molecule has 0 saturated heterocycles. The van der Waals surface area contributed by atoms with Crippen LogP contribution in [0.15, 0.2) is 17.0 Å². The first-order valence-corrected chi connectivity index (χ1v) is 6.91. The molecule has 0 aliphatic rings. The van der Waals surface area contributed by atoms with Crippen molar-refractivity contribution in [2.24, 2.45) is 0 Å². The van der Waals surface area contributed by atoms with Crippen molar-refractivity contribution in [2.75, 3.05) is 18.9 Å². The van der Waals surface area contributed by atoms with Gasteiger partial charge in [0.1, 0.15) is 0 Å². The molecule has 0 radical (unpaired) electrons. The topological polar surface area (TPSA) is 113 Å². The number of nitrogen functional groups attached to an aromatic ring is 1. The predicted molar refractivity (Wildman–Crippen MR) is 68.6 cm³/mol. The molecule has 102 valence electrons. The van der Waals surface area contributed by atoms with Crippen molar-refractivity contribution in [1.29, 1.82) is 0 Å². The summed E-state index contributed by atoms with van der Waals surface area (Å²) in [7, 11) is -3.82. The Morgan fingerprint density at radius 2 is 1.83 bits per heavy atom. The molecule has 0 fully saturated rings. The Hall–Kier alpha value is -1.15. The Kier molecular flexibility index (Phi) is 4.69. The third-order valence-corrected chi connectivity index (χ3v) is 4.49. The van der Waals surface area contributed by atoms with E-state index in [1.807, 2.05) is 0 Å². The lowest BCUT2D eigenvalue weighted by Gasteiger charge is -2.17. The maximum absolute atomic E-state index is 12.2. The van der Waals surface area contributed by atoms with Crippen molar-refractivity contribution in [1.82, 2.24) is 4.72 Å². The normalized spacial score (nSPS) is 12.1. The summed E-state index contributed by atoms with van der Waals surface area (Å²) in [6, 6.07) is 2.33. The Labute approximate surface area is 106 Å². The zero-order valence-corrected chi connectivity index (χ0v) is 11.2. The van der Waals surface area contributed by atoms with Crippen LogP contribution in [0.3, 0.4) is 0 Å². The van der Waals surface area contributed by atoms with E-state index in [2.05, 4.69) is 4.72 Å². The maximum Gasteiger partial charge on any atom is 0.241 e. The van der Waals surface area contributed by atoms with Crippen LogP contribution in [-0.2, 0) is 10.0 Å². The summed E-state index contributed by atoms with van der Waals surface area (Å²) in [5, 5.41) is 17.8. The average Bonchev–Trinajstić information content (AvgIpc) is 2.31. The van der Waals surface area contributed by atoms with E-state index in [1.54, 1.807) is 26.0 Å². The number of aryl methyl sites for hydroxylation is 1. The number of nitrogens with two attached hydrogens (primary N) is 1. The summed E-state index contributed by atoms with van der Waals surface area (Å²) < 4.78 is 26.6. The molecule has 7 heteroatoms. The van der Waals surface area contributed by atoms with Crippen molar-refractivity contribution in [3.8, 4) is 0 Å². The Morgan fingerprint density at radius 3 is 2.33 bits per heavy atom. The lowest BCUT2D eigenvalue weighted by Crippen LogP contribution is -2.40. The van der Waals surface area contributed by atoms with E-state index in [-0.39, 0.29) is 4.90 Å². The van der Waals surface area contributed by atoms with Crippen molar-refractivity contribution >= 4 is 15.7 Å². The number of rotatable bonds is 5. The van der Waals surface area contributed by atoms with Crippen LogP contribution in [-0.4, -0.2) is 37.9 Å². The quantitative estimate of drug-likeness (QED) is 0.542. The Balaban J connectivity index is 3.25. The molecule has 0 unspecified atom stereocenters. The summed E-state index contributed by atoms with van der Waals surface area (Å²) in [6.07, 6.45) is 0. The highest BCUT2D eigenvalue weighted by Gasteiger charge is 2.23. The predicted octanol–water partition coefficient (Wildman–Crippen LogP) is -0.483. The van der Waals surface area contributed by atoms with Crippen molar-refractivity contribution in [3.63, 3.8) is 0 Å². The van der Waals surface area contributed by atoms with Crippen LogP contribution in [0.4, 0.5) is 5.69 Å². The lowest BCUT2D eigenvalue weighted by molar-refractivity contribution is 0.185. The van der Waals surface area contributed by atoms with Gasteiger partial charge in [-0.2, -0.15) is 0 Å². The first-order valence-electron chi connectivity index (χ1n) is 5.43. The first-order chi connectivity index (χ1) is 8.33. The van der Waals surface area contributed by atoms with Crippen molar-refractivity contribution < 1.29 is 18.6 Å². The number of hydrogen-bond donors (Lipinski definition) is 4. The molecule has 0 spiro atoms. The van der Waals surface area contributed by atoms with Crippen LogP contribution >= 0.6 is 0 Å². The lowest BCUT2D eigenvalue weighted by atomic mass is 10.1. The van der Waals surface area contributed by atoms with Crippen LogP contribution in [0.5, 0.6) is 0 Å². The molecule has 0 amide bonds. The zero-order chi connectivity index (χ0) is 13.9. The molecule has 6 nitrogen and oxygen atoms in total. The van der Waals surface area contributed by atoms with Crippen molar-refractivity contribution in [3.05, 3.63) is 23.3 Å². The van der Waals surface area contributed by atoms with Crippen LogP contribution in [0, 0.1) is 13.8 Å². The van der Waals surface area contributed by atoms with Gasteiger partial charge in [0.05, 0.1) is 24.2 Å². The molecule has 1 aromatic carbocycles. The largest absolute Gasteiger partial charge is 0.398 e. The first kappa shape index (κ1) is 14.9. The molecule has 1 aromatic rings. The molecule has 0 atom stereocenters. The van der Waals surface area contributed by atoms with E-state index >= 15 is 0 Å². The smallest absolute Gasteiger partial charge is 0.241 e. The van der Waals surface area contributed by atoms with Gasteiger partial charge in [-0.15, -0.1) is 0 Å². The van der Waals surface area contributed by atoms with Gasteiger partial charge >= 0.3 is 0 Å². The van der Waals surface area contributed by atoms with Gasteiger partial charge in [-0.3, -0.25) is 0 Å². The number of hydrogen-bond acceptors (Lipinski definition) is 5. The van der Waals surface area contributed by atoms with Gasteiger partial charge < -0.3 is 15.9 Å². The molecule has 1 rings (SSSR count). The Morgan fingerprint density at radius 1 is 1.28 bits per heavy atom. The van der Waals surface area contributed by atoms with Crippen LogP contribution in [0.1, 0.15) is 11.1 Å². The van der Waals surface area contributed by atoms with Gasteiger partial charge in [0.25, 0.3) is 0 Å². The van der Waals surface area contributed by atoms with E-state index in [0.717, 1.165) is 0 Å². The molecule has 18 heavy (non-hydrogen) atoms. The van der Waals surface area contributed by atoms with E-state index in [9.17, 15) is 8.42 Å². The molecule has 0 saturated carbocycles. The number of sulfonamides is 1. The maximum atomic E-state index is 12.2. The van der Waals surface area contributed by atoms with E-state index in [1.165, 1.54) is 0 Å². The molecular formula is C11H18N2O4S. The van der Waals surface area contributed by atoms with Crippen molar-refractivity contribution in [2.45, 2.75) is 24.8 Å². The number of benzene rings is 1. The third-order valence-electron chi connectivity index (χ3n) is 2.68. The second-order valence-corrected chi connectivity index (χ2v) is 5.76. The summed E-state index contributed by atoms with van der Waals surface area (Å²) in [5.41, 5.74) is 7.09. The molecule has 0 aliphatic heterocycles. The molecule has 0 heterocycles. The van der Waals surface area contributed by atoms with Crippen LogP contribution < -0.4 is 10.5 Å². The van der Waals surface area contributed by atoms with Gasteiger partial charge in [-0.25, -0.2) is 13.1 Å². The fourth-order valence-electron chi connectivity index (χ4n) is 1.67. The summed E-state index contributed by atoms with van der Waals surface area (Å²) in [5.74, 6) is 0. The molecule has 0 bridgehead atoms. The van der Waals surface area contributed by atoms with E-state index in [0.29, 0.717) is 16.8 Å². The van der Waals surface area contributed by atoms with E-state index in [4.69, 9.17) is 15.9 Å². The van der Waals surface area contributed by atoms with E-state index < -0.39 is 29.3 Å². The number of aliphatic hydroxyl groups is 2. The highest BCUT2D eigenvalue weighted by molar-refractivity contribution is 7.89. The summed E-state index contributed by atoms with van der Waals surface area (Å²) in [6.45, 7) is 2.32. The summed E-state index contributed by atoms with van der Waals surface area (Å²) in [4.78, 5) is 0.0920. The molecule has 0 aliphatic carbocycles. The summed E-state index contributed by atoms with van der Waals surface area (Å²) >= 11 is 0. The minimum Gasteiger partial charge on any atom is -0.398 e. The number of anilines is 1. The highest BCUT2D eigenvalue weighted by Crippen LogP contribution is 2.24. The fraction of sp³-hybridized carbons (Fsp3) is 0.455. The van der Waals surface area contributed by atoms with Gasteiger partial charge in [-0.1, -0.05) is 6.07 Å². The zero-order valence-electron chi connectivity index (χ0n) is 10.3. The Bertz CT molecular complexity index is 524. The highest BCUT2D eigenvalue weighted by atomic mass is 32.2. The third kappa shape index (κ3) is 2.99. The SMILES string of the molecule is Cc1ccc(N)c(C)c1S(=O)(=O)NC(CO)CO. The second kappa shape index (κ2) is 5.66. The van der Waals surface area contributed by atoms with Gasteiger partial charge in [0.15, 0.2) is 0 Å². The fourth-order valence-corrected chi connectivity index (χ4v) is 3.39. The standard InChI is InChI=1S/C11H18N2O4S/c1-7-3-4-10(12)8(2)11(7)18(16,17)13-9(5-14)6-15/h3-4,9,13-15H,5-6,12H2,1-2H3. The number of nitrogens with one attached hydrogen (secondary N) is 1. The van der Waals surface area contributed by atoms with Crippen LogP contribution in [0.25, 0.3) is 0 Å². The van der Waals surface area contributed by atoms with Crippen LogP contribution in [0.2, 0.25) is 0 Å². The van der Waals surface area contributed by atoms with Gasteiger partial charge in [-0.05, 0) is 31.0 Å². The molecule has 5 N–H and O–H groups in total. The molecule has 0 aromatic heterocycles. The number of aliphatic hydroxyl groups excluding tert-OH is 2. The second-order valence-electron chi connectivity index (χ2n) is 4.11. The average molecular weight is 274 g/mol. The minimum atomic E-state index is -3.82.